The quantitative estimate of drug-likeness (QED) is 0.719. The molecule has 0 saturated carbocycles. The Hall–Kier alpha value is -2.93. The highest BCUT2D eigenvalue weighted by Gasteiger charge is 2.10. The van der Waals surface area contributed by atoms with Crippen molar-refractivity contribution >= 4 is 5.91 Å². The molecule has 0 aliphatic heterocycles. The summed E-state index contributed by atoms with van der Waals surface area (Å²) in [5.41, 5.74) is 1.38. The van der Waals surface area contributed by atoms with Gasteiger partial charge in [-0.25, -0.2) is 0 Å². The molecule has 0 aliphatic rings. The minimum absolute atomic E-state index is 0.0597. The lowest BCUT2D eigenvalue weighted by molar-refractivity contribution is -0.126. The van der Waals surface area contributed by atoms with Crippen LogP contribution in [-0.4, -0.2) is 22.7 Å². The zero-order valence-corrected chi connectivity index (χ0v) is 12.3. The van der Waals surface area contributed by atoms with Crippen LogP contribution in [0.1, 0.15) is 11.4 Å². The first-order chi connectivity index (χ1) is 11.3. The summed E-state index contributed by atoms with van der Waals surface area (Å²) in [6, 6.07) is 10.8. The molecule has 23 heavy (non-hydrogen) atoms. The van der Waals surface area contributed by atoms with Gasteiger partial charge in [-0.15, -0.1) is 0 Å². The van der Waals surface area contributed by atoms with Crippen molar-refractivity contribution in [1.82, 2.24) is 15.5 Å². The van der Waals surface area contributed by atoms with Crippen LogP contribution >= 0.6 is 0 Å². The number of ether oxygens (including phenoxy) is 1. The molecular weight excluding hydrogens is 298 g/mol. The fourth-order valence-corrected chi connectivity index (χ4v) is 1.91. The van der Waals surface area contributed by atoms with E-state index in [2.05, 4.69) is 15.5 Å². The van der Waals surface area contributed by atoms with Crippen molar-refractivity contribution in [2.75, 3.05) is 6.61 Å². The second-order valence-electron chi connectivity index (χ2n) is 4.75. The van der Waals surface area contributed by atoms with Gasteiger partial charge in [0.2, 0.25) is 11.7 Å². The highest BCUT2D eigenvalue weighted by molar-refractivity contribution is 5.77. The molecule has 1 N–H and O–H groups in total. The van der Waals surface area contributed by atoms with Crippen LogP contribution in [0.15, 0.2) is 57.8 Å². The summed E-state index contributed by atoms with van der Waals surface area (Å²) in [6.07, 6.45) is 3.24. The second kappa shape index (κ2) is 7.37. The smallest absolute Gasteiger partial charge is 0.246 e. The standard InChI is InChI=1S/C16H15N3O4/c20-16(18-9-12-4-1-2-6-17-12)11-21-10-13-8-15(23-19-13)14-5-3-7-22-14/h1-8H,9-11H2,(H,18,20). The van der Waals surface area contributed by atoms with Gasteiger partial charge in [-0.2, -0.15) is 0 Å². The van der Waals surface area contributed by atoms with Crippen LogP contribution in [0.4, 0.5) is 0 Å². The first-order valence-electron chi connectivity index (χ1n) is 7.05. The Labute approximate surface area is 132 Å². The molecule has 1 amide bonds. The molecule has 0 saturated heterocycles. The van der Waals surface area contributed by atoms with Crippen molar-refractivity contribution in [2.24, 2.45) is 0 Å². The molecule has 3 rings (SSSR count). The number of furan rings is 1. The molecule has 0 radical (unpaired) electrons. The van der Waals surface area contributed by atoms with Crippen molar-refractivity contribution in [3.63, 3.8) is 0 Å². The molecule has 3 aromatic heterocycles. The maximum absolute atomic E-state index is 11.7. The number of nitrogens with zero attached hydrogens (tertiary/aromatic N) is 2. The molecule has 118 valence electrons. The predicted octanol–water partition coefficient (Wildman–Crippen LogP) is 2.16. The largest absolute Gasteiger partial charge is 0.461 e. The summed E-state index contributed by atoms with van der Waals surface area (Å²) < 4.78 is 15.7. The van der Waals surface area contributed by atoms with Crippen molar-refractivity contribution in [3.05, 3.63) is 60.2 Å². The van der Waals surface area contributed by atoms with Crippen LogP contribution in [0.2, 0.25) is 0 Å². The Balaban J connectivity index is 1.40. The van der Waals surface area contributed by atoms with E-state index in [-0.39, 0.29) is 19.1 Å². The molecule has 0 aromatic carbocycles. The monoisotopic (exact) mass is 313 g/mol. The van der Waals surface area contributed by atoms with E-state index in [0.29, 0.717) is 23.8 Å². The molecule has 3 aromatic rings. The van der Waals surface area contributed by atoms with Gasteiger partial charge in [-0.05, 0) is 24.3 Å². The summed E-state index contributed by atoms with van der Waals surface area (Å²) in [6.45, 7) is 0.493. The third kappa shape index (κ3) is 4.27. The first kappa shape index (κ1) is 15.0. The summed E-state index contributed by atoms with van der Waals surface area (Å²) in [5, 5.41) is 6.59. The van der Waals surface area contributed by atoms with Crippen molar-refractivity contribution < 1.29 is 18.5 Å². The van der Waals surface area contributed by atoms with Gasteiger partial charge in [0.1, 0.15) is 12.3 Å². The van der Waals surface area contributed by atoms with Crippen LogP contribution in [0.25, 0.3) is 11.5 Å². The summed E-state index contributed by atoms with van der Waals surface area (Å²) >= 11 is 0. The van der Waals surface area contributed by atoms with Gasteiger partial charge in [0, 0.05) is 12.3 Å². The fourth-order valence-electron chi connectivity index (χ4n) is 1.91. The number of hydrogen-bond donors (Lipinski definition) is 1. The number of aromatic nitrogens is 2. The Morgan fingerprint density at radius 1 is 1.17 bits per heavy atom. The van der Waals surface area contributed by atoms with Crippen molar-refractivity contribution in [2.45, 2.75) is 13.2 Å². The van der Waals surface area contributed by atoms with E-state index >= 15 is 0 Å². The van der Waals surface area contributed by atoms with E-state index in [0.717, 1.165) is 5.69 Å². The number of nitrogens with one attached hydrogen (secondary N) is 1. The van der Waals surface area contributed by atoms with Gasteiger partial charge in [-0.3, -0.25) is 9.78 Å². The molecule has 0 aliphatic carbocycles. The number of rotatable bonds is 7. The highest BCUT2D eigenvalue weighted by atomic mass is 16.5. The summed E-state index contributed by atoms with van der Waals surface area (Å²) in [7, 11) is 0. The molecule has 0 spiro atoms. The average molecular weight is 313 g/mol. The van der Waals surface area contributed by atoms with Gasteiger partial charge in [0.15, 0.2) is 5.76 Å². The lowest BCUT2D eigenvalue weighted by Gasteiger charge is -2.04. The molecular formula is C16H15N3O4. The number of carbonyl (C=O) groups excluding carboxylic acids is 1. The number of hydrogen-bond acceptors (Lipinski definition) is 6. The van der Waals surface area contributed by atoms with Crippen LogP contribution in [0.3, 0.4) is 0 Å². The van der Waals surface area contributed by atoms with E-state index in [1.54, 1.807) is 30.7 Å². The van der Waals surface area contributed by atoms with Gasteiger partial charge >= 0.3 is 0 Å². The number of carbonyl (C=O) groups is 1. The maximum Gasteiger partial charge on any atom is 0.246 e. The van der Waals surface area contributed by atoms with Gasteiger partial charge in [0.25, 0.3) is 0 Å². The van der Waals surface area contributed by atoms with E-state index in [1.807, 2.05) is 18.2 Å². The zero-order valence-electron chi connectivity index (χ0n) is 12.3. The van der Waals surface area contributed by atoms with Crippen LogP contribution in [0, 0.1) is 0 Å². The Morgan fingerprint density at radius 3 is 2.91 bits per heavy atom. The van der Waals surface area contributed by atoms with E-state index in [9.17, 15) is 4.79 Å². The Kier molecular flexibility index (Phi) is 4.80. The minimum Gasteiger partial charge on any atom is -0.461 e. The Morgan fingerprint density at radius 2 is 2.13 bits per heavy atom. The lowest BCUT2D eigenvalue weighted by atomic mass is 10.3. The van der Waals surface area contributed by atoms with Crippen LogP contribution in [-0.2, 0) is 22.7 Å². The minimum atomic E-state index is -0.217. The molecule has 0 atom stereocenters. The van der Waals surface area contributed by atoms with Crippen LogP contribution in [0.5, 0.6) is 0 Å². The van der Waals surface area contributed by atoms with E-state index < -0.39 is 0 Å². The topological polar surface area (TPSA) is 90.4 Å². The normalized spacial score (nSPS) is 10.6. The van der Waals surface area contributed by atoms with Gasteiger partial charge in [0.05, 0.1) is 25.1 Å². The van der Waals surface area contributed by atoms with Crippen LogP contribution < -0.4 is 5.32 Å². The van der Waals surface area contributed by atoms with Gasteiger partial charge < -0.3 is 19.0 Å². The third-order valence-electron chi connectivity index (χ3n) is 3.00. The molecule has 0 fully saturated rings. The van der Waals surface area contributed by atoms with Crippen molar-refractivity contribution in [1.29, 1.82) is 0 Å². The molecule has 3 heterocycles. The molecule has 7 nitrogen and oxygen atoms in total. The van der Waals surface area contributed by atoms with E-state index in [4.69, 9.17) is 13.7 Å². The first-order valence-corrected chi connectivity index (χ1v) is 7.05. The SMILES string of the molecule is O=C(COCc1cc(-c2ccco2)on1)NCc1ccccn1. The number of pyridine rings is 1. The van der Waals surface area contributed by atoms with E-state index in [1.165, 1.54) is 0 Å². The predicted molar refractivity (Wildman–Crippen MR) is 79.9 cm³/mol. The lowest BCUT2D eigenvalue weighted by Crippen LogP contribution is -2.27. The zero-order chi connectivity index (χ0) is 15.9. The van der Waals surface area contributed by atoms with Crippen molar-refractivity contribution in [3.8, 4) is 11.5 Å². The molecule has 0 bridgehead atoms. The molecule has 7 heteroatoms. The molecule has 0 unspecified atom stereocenters. The maximum atomic E-state index is 11.7. The Bertz CT molecular complexity index is 738. The number of amides is 1. The second-order valence-corrected chi connectivity index (χ2v) is 4.75. The summed E-state index contributed by atoms with van der Waals surface area (Å²) in [5.74, 6) is 0.899. The highest BCUT2D eigenvalue weighted by Crippen LogP contribution is 2.20. The average Bonchev–Trinajstić information content (AvgIpc) is 3.25. The third-order valence-corrected chi connectivity index (χ3v) is 3.00. The van der Waals surface area contributed by atoms with Gasteiger partial charge in [-0.1, -0.05) is 11.2 Å². The fraction of sp³-hybridized carbons (Fsp3) is 0.188. The summed E-state index contributed by atoms with van der Waals surface area (Å²) in [4.78, 5) is 15.8.